The highest BCUT2D eigenvalue weighted by atomic mass is 16.5. The lowest BCUT2D eigenvalue weighted by atomic mass is 9.90. The van der Waals surface area contributed by atoms with E-state index in [1.807, 2.05) is 13.8 Å². The third kappa shape index (κ3) is 3.54. The van der Waals surface area contributed by atoms with Crippen LogP contribution in [0.15, 0.2) is 23.4 Å². The van der Waals surface area contributed by atoms with Gasteiger partial charge in [0.1, 0.15) is 5.75 Å². The molecule has 1 aromatic carbocycles. The number of rotatable bonds is 6. The van der Waals surface area contributed by atoms with Crippen molar-refractivity contribution < 1.29 is 28.5 Å². The van der Waals surface area contributed by atoms with E-state index in [1.54, 1.807) is 12.1 Å². The molecule has 0 spiro atoms. The van der Waals surface area contributed by atoms with Gasteiger partial charge >= 0.3 is 12.0 Å². The summed E-state index contributed by atoms with van der Waals surface area (Å²) >= 11 is 0. The van der Waals surface area contributed by atoms with Gasteiger partial charge < -0.3 is 29.6 Å². The predicted octanol–water partition coefficient (Wildman–Crippen LogP) is 2.15. The number of ether oxygens (including phenoxy) is 4. The molecule has 0 bridgehead atoms. The van der Waals surface area contributed by atoms with Crippen LogP contribution in [0.2, 0.25) is 0 Å². The molecule has 0 saturated heterocycles. The Bertz CT molecular complexity index is 741. The highest BCUT2D eigenvalue weighted by molar-refractivity contribution is 5.95. The van der Waals surface area contributed by atoms with E-state index < -0.39 is 18.0 Å². The summed E-state index contributed by atoms with van der Waals surface area (Å²) in [5, 5.41) is 5.46. The Hall–Kier alpha value is -2.90. The van der Waals surface area contributed by atoms with Crippen molar-refractivity contribution in [3.05, 3.63) is 29.0 Å². The van der Waals surface area contributed by atoms with Crippen molar-refractivity contribution in [2.45, 2.75) is 19.9 Å². The fraction of sp³-hybridized carbons (Fsp3) is 0.444. The summed E-state index contributed by atoms with van der Waals surface area (Å²) < 4.78 is 21.0. The number of esters is 1. The summed E-state index contributed by atoms with van der Waals surface area (Å²) in [7, 11) is 5.82. The standard InChI is InChI=1S/C18H24N2O6/c1-9(2)15-14(17(21)26-6)16(20-18(22)19-15)10-7-12(24-4)13(25-5)8-11(10)23-3/h7-9,16H,1-6H3,(H2,19,20,22). The number of nitrogens with one attached hydrogen (secondary N) is 2. The Labute approximate surface area is 152 Å². The summed E-state index contributed by atoms with van der Waals surface area (Å²) in [4.78, 5) is 24.7. The molecular formula is C18H24N2O6. The summed E-state index contributed by atoms with van der Waals surface area (Å²) in [6, 6.07) is 2.15. The van der Waals surface area contributed by atoms with Crippen molar-refractivity contribution in [1.82, 2.24) is 10.6 Å². The van der Waals surface area contributed by atoms with E-state index in [0.717, 1.165) is 0 Å². The molecule has 142 valence electrons. The average molecular weight is 364 g/mol. The minimum atomic E-state index is -0.761. The molecule has 8 nitrogen and oxygen atoms in total. The first kappa shape index (κ1) is 19.4. The van der Waals surface area contributed by atoms with E-state index in [1.165, 1.54) is 28.4 Å². The molecule has 1 heterocycles. The van der Waals surface area contributed by atoms with Crippen LogP contribution in [0, 0.1) is 5.92 Å². The number of hydrogen-bond donors (Lipinski definition) is 2. The van der Waals surface area contributed by atoms with E-state index in [-0.39, 0.29) is 5.92 Å². The highest BCUT2D eigenvalue weighted by Crippen LogP contribution is 2.41. The van der Waals surface area contributed by atoms with E-state index in [9.17, 15) is 9.59 Å². The Balaban J connectivity index is 2.72. The molecule has 2 amide bonds. The number of hydrogen-bond acceptors (Lipinski definition) is 6. The zero-order chi connectivity index (χ0) is 19.4. The normalized spacial score (nSPS) is 16.7. The van der Waals surface area contributed by atoms with Gasteiger partial charge in [-0.25, -0.2) is 9.59 Å². The summed E-state index contributed by atoms with van der Waals surface area (Å²) in [5.41, 5.74) is 1.37. The molecule has 0 saturated carbocycles. The van der Waals surface area contributed by atoms with Gasteiger partial charge in [-0.05, 0) is 12.0 Å². The fourth-order valence-electron chi connectivity index (χ4n) is 2.89. The quantitative estimate of drug-likeness (QED) is 0.751. The summed E-state index contributed by atoms with van der Waals surface area (Å²) in [6.45, 7) is 3.76. The number of allylic oxidation sites excluding steroid dienone is 1. The zero-order valence-electron chi connectivity index (χ0n) is 15.8. The van der Waals surface area contributed by atoms with Crippen molar-refractivity contribution in [3.63, 3.8) is 0 Å². The van der Waals surface area contributed by atoms with Crippen LogP contribution in [0.3, 0.4) is 0 Å². The Morgan fingerprint density at radius 2 is 1.58 bits per heavy atom. The van der Waals surface area contributed by atoms with Gasteiger partial charge in [-0.3, -0.25) is 0 Å². The van der Waals surface area contributed by atoms with Crippen molar-refractivity contribution >= 4 is 12.0 Å². The third-order valence-corrected chi connectivity index (χ3v) is 4.13. The maximum atomic E-state index is 12.5. The number of urea groups is 1. The van der Waals surface area contributed by atoms with Gasteiger partial charge in [0, 0.05) is 17.3 Å². The van der Waals surface area contributed by atoms with Gasteiger partial charge in [0.2, 0.25) is 0 Å². The molecule has 1 aliphatic rings. The number of benzene rings is 1. The van der Waals surface area contributed by atoms with Gasteiger partial charge in [0.05, 0.1) is 40.1 Å². The lowest BCUT2D eigenvalue weighted by Crippen LogP contribution is -2.47. The molecule has 2 N–H and O–H groups in total. The van der Waals surface area contributed by atoms with Gasteiger partial charge in [0.15, 0.2) is 11.5 Å². The smallest absolute Gasteiger partial charge is 0.337 e. The first-order valence-corrected chi connectivity index (χ1v) is 8.07. The molecule has 26 heavy (non-hydrogen) atoms. The van der Waals surface area contributed by atoms with Crippen LogP contribution in [0.4, 0.5) is 4.79 Å². The second kappa shape index (κ2) is 7.99. The van der Waals surface area contributed by atoms with Crippen molar-refractivity contribution in [2.75, 3.05) is 28.4 Å². The summed E-state index contributed by atoms with van der Waals surface area (Å²) in [5.74, 6) is 0.735. The number of carbonyl (C=O) groups excluding carboxylic acids is 2. The van der Waals surface area contributed by atoms with Crippen molar-refractivity contribution in [2.24, 2.45) is 5.92 Å². The van der Waals surface area contributed by atoms with E-state index in [4.69, 9.17) is 18.9 Å². The molecule has 2 rings (SSSR count). The SMILES string of the molecule is COC(=O)C1=C(C(C)C)NC(=O)NC1c1cc(OC)c(OC)cc1OC. The molecule has 0 radical (unpaired) electrons. The van der Waals surface area contributed by atoms with Crippen molar-refractivity contribution in [3.8, 4) is 17.2 Å². The Kier molecular flexibility index (Phi) is 5.97. The number of amides is 2. The van der Waals surface area contributed by atoms with E-state index in [2.05, 4.69) is 10.6 Å². The maximum Gasteiger partial charge on any atom is 0.337 e. The monoisotopic (exact) mass is 364 g/mol. The van der Waals surface area contributed by atoms with Crippen LogP contribution in [0.5, 0.6) is 17.2 Å². The first-order valence-electron chi connectivity index (χ1n) is 8.07. The van der Waals surface area contributed by atoms with E-state index in [0.29, 0.717) is 34.1 Å². The molecular weight excluding hydrogens is 340 g/mol. The maximum absolute atomic E-state index is 12.5. The van der Waals surface area contributed by atoms with Crippen molar-refractivity contribution in [1.29, 1.82) is 0 Å². The largest absolute Gasteiger partial charge is 0.496 e. The van der Waals surface area contributed by atoms with E-state index >= 15 is 0 Å². The van der Waals surface area contributed by atoms with Crippen LogP contribution in [-0.2, 0) is 9.53 Å². The van der Waals surface area contributed by atoms with Gasteiger partial charge in [0.25, 0.3) is 0 Å². The summed E-state index contributed by atoms with van der Waals surface area (Å²) in [6.07, 6.45) is 0. The molecule has 1 unspecified atom stereocenters. The zero-order valence-corrected chi connectivity index (χ0v) is 15.8. The van der Waals surface area contributed by atoms with Crippen LogP contribution < -0.4 is 24.8 Å². The molecule has 1 atom stereocenters. The Morgan fingerprint density at radius 1 is 1.00 bits per heavy atom. The second-order valence-electron chi connectivity index (χ2n) is 5.95. The Morgan fingerprint density at radius 3 is 2.08 bits per heavy atom. The van der Waals surface area contributed by atoms with Crippen LogP contribution in [-0.4, -0.2) is 40.4 Å². The molecule has 1 aliphatic heterocycles. The second-order valence-corrected chi connectivity index (χ2v) is 5.95. The fourth-order valence-corrected chi connectivity index (χ4v) is 2.89. The average Bonchev–Trinajstić information content (AvgIpc) is 2.65. The molecule has 8 heteroatoms. The third-order valence-electron chi connectivity index (χ3n) is 4.13. The topological polar surface area (TPSA) is 95.1 Å². The number of methoxy groups -OCH3 is 4. The molecule has 0 aliphatic carbocycles. The van der Waals surface area contributed by atoms with Crippen LogP contribution in [0.25, 0.3) is 0 Å². The van der Waals surface area contributed by atoms with Gasteiger partial charge in [-0.15, -0.1) is 0 Å². The minimum absolute atomic E-state index is 0.0937. The van der Waals surface area contributed by atoms with Crippen LogP contribution in [0.1, 0.15) is 25.5 Å². The van der Waals surface area contributed by atoms with Gasteiger partial charge in [-0.1, -0.05) is 13.8 Å². The molecule has 0 fully saturated rings. The highest BCUT2D eigenvalue weighted by Gasteiger charge is 2.36. The predicted molar refractivity (Wildman–Crippen MR) is 94.4 cm³/mol. The lowest BCUT2D eigenvalue weighted by Gasteiger charge is -2.31. The first-order chi connectivity index (χ1) is 12.4. The molecule has 0 aromatic heterocycles. The minimum Gasteiger partial charge on any atom is -0.496 e. The van der Waals surface area contributed by atoms with Gasteiger partial charge in [-0.2, -0.15) is 0 Å². The number of carbonyl (C=O) groups is 2. The van der Waals surface area contributed by atoms with Crippen LogP contribution >= 0.6 is 0 Å². The lowest BCUT2D eigenvalue weighted by molar-refractivity contribution is -0.136. The molecule has 1 aromatic rings.